The van der Waals surface area contributed by atoms with Crippen molar-refractivity contribution in [1.82, 2.24) is 4.90 Å². The lowest BCUT2D eigenvalue weighted by Gasteiger charge is -2.29. The Labute approximate surface area is 208 Å². The van der Waals surface area contributed by atoms with Crippen LogP contribution in [-0.4, -0.2) is 30.1 Å². The molecule has 0 unspecified atom stereocenters. The first-order valence-corrected chi connectivity index (χ1v) is 11.7. The normalized spacial score (nSPS) is 12.6. The highest BCUT2D eigenvalue weighted by Crippen LogP contribution is 2.35. The molecule has 1 N–H and O–H groups in total. The lowest BCUT2D eigenvalue weighted by Crippen LogP contribution is -2.38. The summed E-state index contributed by atoms with van der Waals surface area (Å²) in [5, 5.41) is 3.57. The summed E-state index contributed by atoms with van der Waals surface area (Å²) < 4.78 is 10.8. The molecule has 0 fully saturated rings. The van der Waals surface area contributed by atoms with E-state index in [0.29, 0.717) is 46.9 Å². The van der Waals surface area contributed by atoms with Crippen molar-refractivity contribution in [2.75, 3.05) is 18.5 Å². The average Bonchev–Trinajstić information content (AvgIpc) is 2.82. The molecule has 3 aromatic carbocycles. The third-order valence-electron chi connectivity index (χ3n) is 5.47. The molecule has 34 heavy (non-hydrogen) atoms. The maximum absolute atomic E-state index is 12.7. The van der Waals surface area contributed by atoms with Gasteiger partial charge >= 0.3 is 12.0 Å². The minimum Gasteiger partial charge on any atom is -0.466 e. The molecule has 0 saturated heterocycles. The summed E-state index contributed by atoms with van der Waals surface area (Å²) in [5.41, 5.74) is 3.73. The monoisotopic (exact) mass is 498 g/mol. The van der Waals surface area contributed by atoms with E-state index in [1.807, 2.05) is 18.2 Å². The second-order valence-electron chi connectivity index (χ2n) is 7.86. The number of carbonyl (C=O) groups excluding carboxylic acids is 2. The van der Waals surface area contributed by atoms with Gasteiger partial charge in [0, 0.05) is 18.8 Å². The Kier molecular flexibility index (Phi) is 7.60. The Balaban J connectivity index is 1.39. The lowest BCUT2D eigenvalue weighted by atomic mass is 10.0. The maximum atomic E-state index is 12.7. The van der Waals surface area contributed by atoms with Crippen molar-refractivity contribution in [1.29, 1.82) is 0 Å². The number of hydrogen-bond donors (Lipinski definition) is 1. The molecule has 2 amide bonds. The first kappa shape index (κ1) is 23.9. The molecule has 0 aliphatic carbocycles. The van der Waals surface area contributed by atoms with Crippen LogP contribution in [0.1, 0.15) is 23.6 Å². The Hall–Kier alpha value is -3.22. The molecule has 6 nitrogen and oxygen atoms in total. The number of esters is 1. The number of benzene rings is 3. The minimum atomic E-state index is -0.318. The summed E-state index contributed by atoms with van der Waals surface area (Å²) >= 11 is 12.7. The van der Waals surface area contributed by atoms with Crippen LogP contribution in [0, 0.1) is 0 Å². The predicted molar refractivity (Wildman–Crippen MR) is 133 cm³/mol. The molecule has 1 aliphatic rings. The summed E-state index contributed by atoms with van der Waals surface area (Å²) in [5.74, 6) is 0.480. The van der Waals surface area contributed by atoms with Gasteiger partial charge in [-0.25, -0.2) is 4.79 Å². The fourth-order valence-electron chi connectivity index (χ4n) is 3.77. The SMILES string of the molecule is CCOC(=O)Cc1ccc(Oc2ccc(NC(=O)N3CCc4ccccc4C3)cc2Cl)c(Cl)c1. The third kappa shape index (κ3) is 5.82. The van der Waals surface area contributed by atoms with Crippen molar-refractivity contribution in [2.45, 2.75) is 26.3 Å². The number of rotatable bonds is 6. The van der Waals surface area contributed by atoms with Crippen LogP contribution in [0.2, 0.25) is 10.0 Å². The van der Waals surface area contributed by atoms with Crippen LogP contribution in [-0.2, 0) is 28.9 Å². The van der Waals surface area contributed by atoms with Crippen molar-refractivity contribution in [2.24, 2.45) is 0 Å². The highest BCUT2D eigenvalue weighted by molar-refractivity contribution is 6.33. The Morgan fingerprint density at radius 1 is 0.971 bits per heavy atom. The predicted octanol–water partition coefficient (Wildman–Crippen LogP) is 6.48. The first-order chi connectivity index (χ1) is 16.4. The molecular weight excluding hydrogens is 475 g/mol. The van der Waals surface area contributed by atoms with Gasteiger partial charge in [0.25, 0.3) is 0 Å². The van der Waals surface area contributed by atoms with Crippen molar-refractivity contribution in [3.8, 4) is 11.5 Å². The number of urea groups is 1. The van der Waals surface area contributed by atoms with E-state index in [1.165, 1.54) is 5.56 Å². The molecule has 0 aromatic heterocycles. The number of fused-ring (bicyclic) bond motifs is 1. The van der Waals surface area contributed by atoms with E-state index >= 15 is 0 Å². The van der Waals surface area contributed by atoms with Gasteiger partial charge in [-0.1, -0.05) is 53.5 Å². The number of nitrogens with one attached hydrogen (secondary N) is 1. The van der Waals surface area contributed by atoms with Gasteiger partial charge in [-0.15, -0.1) is 0 Å². The third-order valence-corrected chi connectivity index (χ3v) is 6.06. The van der Waals surface area contributed by atoms with Gasteiger partial charge in [0.05, 0.1) is 23.1 Å². The molecule has 3 aromatic rings. The van der Waals surface area contributed by atoms with Crippen molar-refractivity contribution >= 4 is 40.9 Å². The number of hydrogen-bond acceptors (Lipinski definition) is 4. The second-order valence-corrected chi connectivity index (χ2v) is 8.68. The van der Waals surface area contributed by atoms with E-state index in [0.717, 1.165) is 17.5 Å². The first-order valence-electron chi connectivity index (χ1n) is 11.0. The standard InChI is InChI=1S/C26H24Cl2N2O4/c1-2-33-25(31)14-17-7-9-23(21(27)13-17)34-24-10-8-20(15-22(24)28)29-26(32)30-12-11-18-5-3-4-6-19(18)16-30/h3-10,13,15H,2,11-12,14,16H2,1H3,(H,29,32). The number of ether oxygens (including phenoxy) is 2. The van der Waals surface area contributed by atoms with Crippen molar-refractivity contribution < 1.29 is 19.1 Å². The maximum Gasteiger partial charge on any atom is 0.322 e. The van der Waals surface area contributed by atoms with E-state index in [2.05, 4.69) is 11.4 Å². The molecule has 0 saturated carbocycles. The van der Waals surface area contributed by atoms with Gasteiger partial charge in [-0.05, 0) is 60.4 Å². The summed E-state index contributed by atoms with van der Waals surface area (Å²) in [6.07, 6.45) is 0.960. The fourth-order valence-corrected chi connectivity index (χ4v) is 4.23. The zero-order valence-corrected chi connectivity index (χ0v) is 20.2. The number of carbonyl (C=O) groups is 2. The van der Waals surface area contributed by atoms with Crippen LogP contribution >= 0.6 is 23.2 Å². The summed E-state index contributed by atoms with van der Waals surface area (Å²) in [4.78, 5) is 26.2. The molecule has 0 bridgehead atoms. The van der Waals surface area contributed by atoms with Crippen LogP contribution in [0.25, 0.3) is 0 Å². The minimum absolute atomic E-state index is 0.131. The summed E-state index contributed by atoms with van der Waals surface area (Å²) in [6.45, 7) is 3.31. The van der Waals surface area contributed by atoms with Gasteiger partial charge in [0.15, 0.2) is 0 Å². The Morgan fingerprint density at radius 2 is 1.68 bits per heavy atom. The van der Waals surface area contributed by atoms with E-state index in [1.54, 1.807) is 48.2 Å². The summed E-state index contributed by atoms with van der Waals surface area (Å²) in [7, 11) is 0. The molecular formula is C26H24Cl2N2O4. The molecule has 0 atom stereocenters. The smallest absolute Gasteiger partial charge is 0.322 e. The van der Waals surface area contributed by atoms with E-state index in [4.69, 9.17) is 32.7 Å². The molecule has 1 heterocycles. The van der Waals surface area contributed by atoms with Gasteiger partial charge in [0.2, 0.25) is 0 Å². The lowest BCUT2D eigenvalue weighted by molar-refractivity contribution is -0.142. The number of halogens is 2. The number of anilines is 1. The zero-order valence-electron chi connectivity index (χ0n) is 18.6. The van der Waals surface area contributed by atoms with E-state index in [-0.39, 0.29) is 18.4 Å². The van der Waals surface area contributed by atoms with E-state index < -0.39 is 0 Å². The number of nitrogens with zero attached hydrogens (tertiary/aromatic N) is 1. The molecule has 0 spiro atoms. The average molecular weight is 499 g/mol. The van der Waals surface area contributed by atoms with E-state index in [9.17, 15) is 9.59 Å². The second kappa shape index (κ2) is 10.8. The topological polar surface area (TPSA) is 67.9 Å². The summed E-state index contributed by atoms with van der Waals surface area (Å²) in [6, 6.07) is 18.1. The highest BCUT2D eigenvalue weighted by Gasteiger charge is 2.20. The molecule has 0 radical (unpaired) electrons. The Morgan fingerprint density at radius 3 is 2.38 bits per heavy atom. The van der Waals surface area contributed by atoms with Gasteiger partial charge < -0.3 is 19.7 Å². The van der Waals surface area contributed by atoms with Gasteiger partial charge in [-0.2, -0.15) is 0 Å². The molecule has 176 valence electrons. The highest BCUT2D eigenvalue weighted by atomic mass is 35.5. The molecule has 1 aliphatic heterocycles. The fraction of sp³-hybridized carbons (Fsp3) is 0.231. The largest absolute Gasteiger partial charge is 0.466 e. The zero-order chi connectivity index (χ0) is 24.1. The molecule has 8 heteroatoms. The van der Waals surface area contributed by atoms with Crippen molar-refractivity contribution in [3.63, 3.8) is 0 Å². The Bertz CT molecular complexity index is 1220. The van der Waals surface area contributed by atoms with Gasteiger partial charge in [0.1, 0.15) is 11.5 Å². The molecule has 4 rings (SSSR count). The van der Waals surface area contributed by atoms with Crippen LogP contribution < -0.4 is 10.1 Å². The van der Waals surface area contributed by atoms with Crippen LogP contribution in [0.5, 0.6) is 11.5 Å². The van der Waals surface area contributed by atoms with Crippen LogP contribution in [0.3, 0.4) is 0 Å². The van der Waals surface area contributed by atoms with Crippen LogP contribution in [0.4, 0.5) is 10.5 Å². The van der Waals surface area contributed by atoms with Crippen LogP contribution in [0.15, 0.2) is 60.7 Å². The quantitative estimate of drug-likeness (QED) is 0.394. The van der Waals surface area contributed by atoms with Gasteiger partial charge in [-0.3, -0.25) is 4.79 Å². The number of amides is 2. The van der Waals surface area contributed by atoms with Crippen molar-refractivity contribution in [3.05, 3.63) is 87.4 Å².